The van der Waals surface area contributed by atoms with Crippen LogP contribution in [0.15, 0.2) is 0 Å². The first-order valence-corrected chi connectivity index (χ1v) is 2.32. The van der Waals surface area contributed by atoms with Gasteiger partial charge in [0.2, 0.25) is 12.3 Å². The lowest BCUT2D eigenvalue weighted by Crippen LogP contribution is -2.43. The van der Waals surface area contributed by atoms with E-state index in [9.17, 15) is 9.59 Å². The van der Waals surface area contributed by atoms with E-state index < -0.39 is 18.6 Å². The van der Waals surface area contributed by atoms with E-state index in [0.29, 0.717) is 6.41 Å². The van der Waals surface area contributed by atoms with Crippen molar-refractivity contribution in [3.63, 3.8) is 0 Å². The summed E-state index contributed by atoms with van der Waals surface area (Å²) in [7, 11) is 0. The Labute approximate surface area is 51.8 Å². The van der Waals surface area contributed by atoms with Crippen molar-refractivity contribution in [1.29, 1.82) is 0 Å². The van der Waals surface area contributed by atoms with Crippen LogP contribution in [0.4, 0.5) is 0 Å². The van der Waals surface area contributed by atoms with E-state index in [4.69, 9.17) is 10.8 Å². The molecule has 0 saturated heterocycles. The molecular weight excluding hydrogens is 124 g/mol. The first-order chi connectivity index (χ1) is 4.22. The van der Waals surface area contributed by atoms with Crippen LogP contribution in [0.1, 0.15) is 0 Å². The third kappa shape index (κ3) is 2.65. The summed E-state index contributed by atoms with van der Waals surface area (Å²) in [6.45, 7) is -0.464. The minimum Gasteiger partial charge on any atom is -0.394 e. The highest BCUT2D eigenvalue weighted by Gasteiger charge is 2.10. The van der Waals surface area contributed by atoms with Gasteiger partial charge < -0.3 is 16.2 Å². The standard InChI is InChI=1S/C4H8N2O3/c5-4(9)3(1-7)6-2-8/h2-3,7H,1H2,(H2,5,9)(H,6,8)/t3-/m0/s1. The summed E-state index contributed by atoms with van der Waals surface area (Å²) in [5.41, 5.74) is 4.71. The third-order valence-electron chi connectivity index (χ3n) is 0.795. The van der Waals surface area contributed by atoms with Crippen molar-refractivity contribution in [3.05, 3.63) is 0 Å². The number of nitrogens with one attached hydrogen (secondary N) is 1. The Hall–Kier alpha value is -1.10. The number of primary amides is 1. The van der Waals surface area contributed by atoms with E-state index in [-0.39, 0.29) is 0 Å². The summed E-state index contributed by atoms with van der Waals surface area (Å²) in [5.74, 6) is -0.746. The molecule has 4 N–H and O–H groups in total. The summed E-state index contributed by atoms with van der Waals surface area (Å²) >= 11 is 0. The van der Waals surface area contributed by atoms with Crippen LogP contribution in [0.25, 0.3) is 0 Å². The fraction of sp³-hybridized carbons (Fsp3) is 0.500. The lowest BCUT2D eigenvalue weighted by atomic mass is 10.3. The second kappa shape index (κ2) is 3.85. The highest BCUT2D eigenvalue weighted by Crippen LogP contribution is 1.74. The number of aliphatic hydroxyl groups is 1. The maximum absolute atomic E-state index is 10.2. The maximum atomic E-state index is 10.2. The molecule has 0 fully saturated rings. The molecule has 0 aliphatic rings. The topological polar surface area (TPSA) is 92.4 Å². The lowest BCUT2D eigenvalue weighted by Gasteiger charge is -2.05. The fourth-order valence-corrected chi connectivity index (χ4v) is 0.307. The smallest absolute Gasteiger partial charge is 0.242 e. The van der Waals surface area contributed by atoms with Gasteiger partial charge >= 0.3 is 0 Å². The van der Waals surface area contributed by atoms with Gasteiger partial charge in [-0.05, 0) is 0 Å². The molecule has 0 spiro atoms. The molecule has 9 heavy (non-hydrogen) atoms. The van der Waals surface area contributed by atoms with Crippen molar-refractivity contribution in [2.24, 2.45) is 5.73 Å². The molecule has 0 saturated carbocycles. The maximum Gasteiger partial charge on any atom is 0.242 e. The molecule has 0 radical (unpaired) electrons. The van der Waals surface area contributed by atoms with E-state index in [2.05, 4.69) is 0 Å². The van der Waals surface area contributed by atoms with E-state index in [0.717, 1.165) is 0 Å². The van der Waals surface area contributed by atoms with Gasteiger partial charge in [0.1, 0.15) is 6.04 Å². The van der Waals surface area contributed by atoms with E-state index in [1.807, 2.05) is 5.32 Å². The first kappa shape index (κ1) is 7.90. The molecule has 0 aromatic heterocycles. The zero-order chi connectivity index (χ0) is 7.28. The predicted molar refractivity (Wildman–Crippen MR) is 29.3 cm³/mol. The Morgan fingerprint density at radius 3 is 2.56 bits per heavy atom. The lowest BCUT2D eigenvalue weighted by molar-refractivity contribution is -0.123. The average molecular weight is 132 g/mol. The number of aliphatic hydroxyl groups excluding tert-OH is 1. The highest BCUT2D eigenvalue weighted by molar-refractivity contribution is 5.81. The van der Waals surface area contributed by atoms with Gasteiger partial charge in [-0.1, -0.05) is 0 Å². The molecule has 2 amide bonds. The van der Waals surface area contributed by atoms with Crippen molar-refractivity contribution in [2.75, 3.05) is 6.61 Å². The van der Waals surface area contributed by atoms with Crippen LogP contribution in [-0.2, 0) is 9.59 Å². The zero-order valence-corrected chi connectivity index (χ0v) is 4.70. The second-order valence-electron chi connectivity index (χ2n) is 1.42. The molecule has 0 unspecified atom stereocenters. The van der Waals surface area contributed by atoms with Crippen LogP contribution < -0.4 is 11.1 Å². The molecule has 0 aromatic carbocycles. The number of carbonyl (C=O) groups excluding carboxylic acids is 2. The summed E-state index contributed by atoms with van der Waals surface area (Å²) in [5, 5.41) is 10.3. The van der Waals surface area contributed by atoms with Crippen LogP contribution >= 0.6 is 0 Å². The number of carbonyl (C=O) groups is 2. The molecule has 0 rings (SSSR count). The van der Waals surface area contributed by atoms with E-state index in [1.165, 1.54) is 0 Å². The van der Waals surface area contributed by atoms with Gasteiger partial charge in [0, 0.05) is 0 Å². The average Bonchev–Trinajstić information content (AvgIpc) is 1.82. The molecule has 0 aromatic rings. The molecule has 52 valence electrons. The van der Waals surface area contributed by atoms with Gasteiger partial charge in [-0.3, -0.25) is 9.59 Å². The largest absolute Gasteiger partial charge is 0.394 e. The van der Waals surface area contributed by atoms with E-state index >= 15 is 0 Å². The quantitative estimate of drug-likeness (QED) is 0.371. The van der Waals surface area contributed by atoms with Crippen LogP contribution in [0.5, 0.6) is 0 Å². The van der Waals surface area contributed by atoms with Gasteiger partial charge in [-0.2, -0.15) is 0 Å². The summed E-state index contributed by atoms with van der Waals surface area (Å²) in [4.78, 5) is 19.8. The number of hydrogen-bond donors (Lipinski definition) is 3. The van der Waals surface area contributed by atoms with Gasteiger partial charge in [0.15, 0.2) is 0 Å². The summed E-state index contributed by atoms with van der Waals surface area (Å²) in [6.07, 6.45) is 0.311. The SMILES string of the molecule is NC(=O)[C@H](CO)NC=O. The normalized spacial score (nSPS) is 12.1. The third-order valence-corrected chi connectivity index (χ3v) is 0.795. The van der Waals surface area contributed by atoms with Gasteiger partial charge in [0.25, 0.3) is 0 Å². The molecule has 5 nitrogen and oxygen atoms in total. The van der Waals surface area contributed by atoms with Crippen molar-refractivity contribution in [2.45, 2.75) is 6.04 Å². The predicted octanol–water partition coefficient (Wildman–Crippen LogP) is -2.42. The summed E-state index contributed by atoms with van der Waals surface area (Å²) < 4.78 is 0. The zero-order valence-electron chi connectivity index (χ0n) is 4.70. The van der Waals surface area contributed by atoms with Crippen molar-refractivity contribution >= 4 is 12.3 Å². The van der Waals surface area contributed by atoms with Gasteiger partial charge in [-0.15, -0.1) is 0 Å². The van der Waals surface area contributed by atoms with Crippen molar-refractivity contribution in [1.82, 2.24) is 5.32 Å². The van der Waals surface area contributed by atoms with Crippen LogP contribution in [0.3, 0.4) is 0 Å². The number of rotatable bonds is 4. The molecule has 1 atom stereocenters. The molecule has 0 heterocycles. The minimum atomic E-state index is -0.956. The Morgan fingerprint density at radius 2 is 2.44 bits per heavy atom. The Morgan fingerprint density at radius 1 is 1.89 bits per heavy atom. The van der Waals surface area contributed by atoms with Crippen LogP contribution in [-0.4, -0.2) is 30.1 Å². The Kier molecular flexibility index (Phi) is 3.38. The van der Waals surface area contributed by atoms with E-state index in [1.54, 1.807) is 0 Å². The van der Waals surface area contributed by atoms with Crippen LogP contribution in [0, 0.1) is 0 Å². The van der Waals surface area contributed by atoms with Crippen LogP contribution in [0.2, 0.25) is 0 Å². The molecule has 0 aliphatic carbocycles. The Bertz CT molecular complexity index is 114. The molecule has 0 aliphatic heterocycles. The molecule has 5 heteroatoms. The molecule has 0 bridgehead atoms. The first-order valence-electron chi connectivity index (χ1n) is 2.32. The van der Waals surface area contributed by atoms with Gasteiger partial charge in [0.05, 0.1) is 6.61 Å². The second-order valence-corrected chi connectivity index (χ2v) is 1.42. The van der Waals surface area contributed by atoms with Crippen molar-refractivity contribution < 1.29 is 14.7 Å². The van der Waals surface area contributed by atoms with Crippen molar-refractivity contribution in [3.8, 4) is 0 Å². The number of hydrogen-bond acceptors (Lipinski definition) is 3. The molecular formula is C4H8N2O3. The number of nitrogens with two attached hydrogens (primary N) is 1. The summed E-state index contributed by atoms with van der Waals surface area (Å²) in [6, 6.07) is -0.956. The fourth-order valence-electron chi connectivity index (χ4n) is 0.307. The minimum absolute atomic E-state index is 0.311. The highest BCUT2D eigenvalue weighted by atomic mass is 16.3. The van der Waals surface area contributed by atoms with Gasteiger partial charge in [-0.25, -0.2) is 0 Å². The Balaban J connectivity index is 3.67. The number of amides is 2. The monoisotopic (exact) mass is 132 g/mol.